The minimum Gasteiger partial charge on any atom is -0.439 e. The molecule has 6 aromatic rings. The summed E-state index contributed by atoms with van der Waals surface area (Å²) >= 11 is 0. The normalized spacial score (nSPS) is 11.6. The lowest BCUT2D eigenvalue weighted by Crippen LogP contribution is -2.24. The SMILES string of the molecule is Cc1cccc(Cn2ncc3c4ccc(Oc5ccc6[nH]ncc6n5)cc4n(C)c3c2=O)n1. The maximum absolute atomic E-state index is 13.3. The van der Waals surface area contributed by atoms with E-state index in [0.717, 1.165) is 38.7 Å². The number of ether oxygens (including phenoxy) is 1. The molecule has 0 amide bonds. The average molecular weight is 437 g/mol. The number of benzene rings is 1. The lowest BCUT2D eigenvalue weighted by Gasteiger charge is -2.06. The molecule has 9 heteroatoms. The van der Waals surface area contributed by atoms with Crippen LogP contribution < -0.4 is 10.3 Å². The summed E-state index contributed by atoms with van der Waals surface area (Å²) in [5, 5.41) is 13.0. The van der Waals surface area contributed by atoms with E-state index >= 15 is 0 Å². The predicted octanol–water partition coefficient (Wildman–Crippen LogP) is 3.70. The van der Waals surface area contributed by atoms with E-state index < -0.39 is 0 Å². The Morgan fingerprint density at radius 1 is 1.03 bits per heavy atom. The number of hydrogen-bond acceptors (Lipinski definition) is 6. The van der Waals surface area contributed by atoms with Crippen LogP contribution in [0.1, 0.15) is 11.4 Å². The number of rotatable bonds is 4. The molecule has 5 heterocycles. The fourth-order valence-electron chi connectivity index (χ4n) is 4.14. The molecule has 0 aliphatic heterocycles. The Morgan fingerprint density at radius 3 is 2.82 bits per heavy atom. The maximum Gasteiger partial charge on any atom is 0.291 e. The fourth-order valence-corrected chi connectivity index (χ4v) is 4.14. The van der Waals surface area contributed by atoms with E-state index in [1.54, 1.807) is 18.5 Å². The van der Waals surface area contributed by atoms with Crippen LogP contribution in [0.2, 0.25) is 0 Å². The number of fused-ring (bicyclic) bond motifs is 4. The molecule has 0 spiro atoms. The van der Waals surface area contributed by atoms with Gasteiger partial charge in [0.25, 0.3) is 5.56 Å². The number of nitrogens with zero attached hydrogens (tertiary/aromatic N) is 6. The van der Waals surface area contributed by atoms with Gasteiger partial charge >= 0.3 is 0 Å². The molecule has 5 aromatic heterocycles. The van der Waals surface area contributed by atoms with Crippen molar-refractivity contribution in [3.05, 3.63) is 82.7 Å². The van der Waals surface area contributed by atoms with Crippen molar-refractivity contribution in [2.45, 2.75) is 13.5 Å². The Balaban J connectivity index is 1.41. The zero-order chi connectivity index (χ0) is 22.5. The Kier molecular flexibility index (Phi) is 4.22. The van der Waals surface area contributed by atoms with Crippen LogP contribution in [0.4, 0.5) is 0 Å². The van der Waals surface area contributed by atoms with E-state index in [-0.39, 0.29) is 5.56 Å². The number of pyridine rings is 2. The first-order valence-corrected chi connectivity index (χ1v) is 10.5. The predicted molar refractivity (Wildman–Crippen MR) is 125 cm³/mol. The zero-order valence-corrected chi connectivity index (χ0v) is 18.0. The highest BCUT2D eigenvalue weighted by atomic mass is 16.5. The number of aromatic nitrogens is 7. The van der Waals surface area contributed by atoms with Crippen LogP contribution in [0.25, 0.3) is 32.8 Å². The van der Waals surface area contributed by atoms with E-state index in [1.165, 1.54) is 4.68 Å². The molecular weight excluding hydrogens is 418 g/mol. The first-order chi connectivity index (χ1) is 16.1. The van der Waals surface area contributed by atoms with E-state index in [9.17, 15) is 4.79 Å². The molecule has 0 radical (unpaired) electrons. The van der Waals surface area contributed by atoms with Crippen molar-refractivity contribution in [1.29, 1.82) is 0 Å². The Hall–Kier alpha value is -4.53. The summed E-state index contributed by atoms with van der Waals surface area (Å²) in [6, 6.07) is 15.1. The maximum atomic E-state index is 13.3. The minimum absolute atomic E-state index is 0.163. The summed E-state index contributed by atoms with van der Waals surface area (Å²) in [6.07, 6.45) is 3.39. The number of nitrogens with one attached hydrogen (secondary N) is 1. The van der Waals surface area contributed by atoms with Crippen molar-refractivity contribution in [2.24, 2.45) is 7.05 Å². The molecule has 0 bridgehead atoms. The summed E-state index contributed by atoms with van der Waals surface area (Å²) in [5.41, 5.74) is 4.56. The highest BCUT2D eigenvalue weighted by Gasteiger charge is 2.15. The first kappa shape index (κ1) is 19.2. The molecule has 9 nitrogen and oxygen atoms in total. The van der Waals surface area contributed by atoms with Crippen LogP contribution in [0.15, 0.2) is 65.7 Å². The van der Waals surface area contributed by atoms with Crippen LogP contribution in [0.5, 0.6) is 11.6 Å². The van der Waals surface area contributed by atoms with Crippen molar-refractivity contribution in [1.82, 2.24) is 34.5 Å². The number of aryl methyl sites for hydroxylation is 2. The summed E-state index contributed by atoms with van der Waals surface area (Å²) in [5.74, 6) is 1.10. The Bertz CT molecular complexity index is 1730. The molecule has 0 aliphatic rings. The van der Waals surface area contributed by atoms with Gasteiger partial charge in [0.2, 0.25) is 5.88 Å². The third kappa shape index (κ3) is 3.21. The van der Waals surface area contributed by atoms with Gasteiger partial charge in [-0.1, -0.05) is 6.07 Å². The summed E-state index contributed by atoms with van der Waals surface area (Å²) < 4.78 is 9.32. The highest BCUT2D eigenvalue weighted by molar-refractivity contribution is 6.07. The van der Waals surface area contributed by atoms with Crippen LogP contribution >= 0.6 is 0 Å². The second kappa shape index (κ2) is 7.27. The molecule has 1 aromatic carbocycles. The highest BCUT2D eigenvalue weighted by Crippen LogP contribution is 2.30. The first-order valence-electron chi connectivity index (χ1n) is 10.5. The second-order valence-electron chi connectivity index (χ2n) is 7.93. The van der Waals surface area contributed by atoms with Gasteiger partial charge in [0.15, 0.2) is 0 Å². The van der Waals surface area contributed by atoms with Crippen molar-refractivity contribution >= 4 is 32.8 Å². The standard InChI is InChI=1S/C24H19N7O2/c1-14-4-3-5-15(27-14)13-31-24(32)23-18(11-26-31)17-7-6-16(10-21(17)30(23)2)33-22-9-8-19-20(28-22)12-25-29-19/h3-12H,13H2,1-2H3,(H,25,29). The lowest BCUT2D eigenvalue weighted by atomic mass is 10.2. The van der Waals surface area contributed by atoms with Crippen LogP contribution in [0.3, 0.4) is 0 Å². The van der Waals surface area contributed by atoms with Crippen molar-refractivity contribution < 1.29 is 4.74 Å². The molecule has 0 aliphatic carbocycles. The van der Waals surface area contributed by atoms with Crippen molar-refractivity contribution in [2.75, 3.05) is 0 Å². The summed E-state index contributed by atoms with van der Waals surface area (Å²) in [4.78, 5) is 22.2. The monoisotopic (exact) mass is 437 g/mol. The molecule has 1 N–H and O–H groups in total. The number of aromatic amines is 1. The van der Waals surface area contributed by atoms with Gasteiger partial charge in [-0.3, -0.25) is 14.9 Å². The molecule has 162 valence electrons. The molecule has 33 heavy (non-hydrogen) atoms. The quantitative estimate of drug-likeness (QED) is 0.451. The van der Waals surface area contributed by atoms with Crippen molar-refractivity contribution in [3.63, 3.8) is 0 Å². The minimum atomic E-state index is -0.163. The molecule has 0 unspecified atom stereocenters. The van der Waals surface area contributed by atoms with Gasteiger partial charge in [-0.05, 0) is 37.3 Å². The van der Waals surface area contributed by atoms with E-state index in [1.807, 2.05) is 61.0 Å². The molecule has 0 atom stereocenters. The van der Waals surface area contributed by atoms with Crippen molar-refractivity contribution in [3.8, 4) is 11.6 Å². The summed E-state index contributed by atoms with van der Waals surface area (Å²) in [7, 11) is 1.88. The molecule has 0 fully saturated rings. The van der Waals surface area contributed by atoms with Gasteiger partial charge in [-0.15, -0.1) is 0 Å². The van der Waals surface area contributed by atoms with Gasteiger partial charge in [0, 0.05) is 35.6 Å². The van der Waals surface area contributed by atoms with E-state index in [2.05, 4.69) is 25.3 Å². The topological polar surface area (TPSA) is 104 Å². The average Bonchev–Trinajstić information content (AvgIpc) is 3.38. The lowest BCUT2D eigenvalue weighted by molar-refractivity contribution is 0.465. The summed E-state index contributed by atoms with van der Waals surface area (Å²) in [6.45, 7) is 2.24. The molecular formula is C24H19N7O2. The second-order valence-corrected chi connectivity index (χ2v) is 7.93. The fraction of sp³-hybridized carbons (Fsp3) is 0.125. The number of hydrogen-bond donors (Lipinski definition) is 1. The Morgan fingerprint density at radius 2 is 1.94 bits per heavy atom. The van der Waals surface area contributed by atoms with Gasteiger partial charge in [0.05, 0.1) is 35.7 Å². The van der Waals surface area contributed by atoms with Crippen LogP contribution in [-0.4, -0.2) is 34.5 Å². The van der Waals surface area contributed by atoms with Gasteiger partial charge in [-0.25, -0.2) is 9.67 Å². The third-order valence-corrected chi connectivity index (χ3v) is 5.73. The molecule has 6 rings (SSSR count). The largest absolute Gasteiger partial charge is 0.439 e. The smallest absolute Gasteiger partial charge is 0.291 e. The third-order valence-electron chi connectivity index (χ3n) is 5.73. The zero-order valence-electron chi connectivity index (χ0n) is 18.0. The van der Waals surface area contributed by atoms with Gasteiger partial charge in [-0.2, -0.15) is 10.2 Å². The number of H-pyrrole nitrogens is 1. The molecule has 0 saturated heterocycles. The Labute approximate surface area is 187 Å². The van der Waals surface area contributed by atoms with Crippen LogP contribution in [0, 0.1) is 6.92 Å². The van der Waals surface area contributed by atoms with Gasteiger partial charge < -0.3 is 9.30 Å². The van der Waals surface area contributed by atoms with E-state index in [4.69, 9.17) is 4.74 Å². The van der Waals surface area contributed by atoms with E-state index in [0.29, 0.717) is 23.7 Å². The van der Waals surface area contributed by atoms with Gasteiger partial charge in [0.1, 0.15) is 16.8 Å². The molecule has 0 saturated carbocycles. The van der Waals surface area contributed by atoms with Crippen LogP contribution in [-0.2, 0) is 13.6 Å².